The smallest absolute Gasteiger partial charge is 0.0955 e. The molecule has 0 radical (unpaired) electrons. The fourth-order valence-electron chi connectivity index (χ4n) is 0.580. The molecule has 1 nitrogen and oxygen atoms in total. The Morgan fingerprint density at radius 1 is 1.33 bits per heavy atom. The first kappa shape index (κ1) is 19.4. The molecule has 0 saturated heterocycles. The summed E-state index contributed by atoms with van der Waals surface area (Å²) in [6.45, 7) is 14.2. The predicted molar refractivity (Wildman–Crippen MR) is 70.6 cm³/mol. The van der Waals surface area contributed by atoms with Crippen molar-refractivity contribution in [2.45, 2.75) is 41.0 Å². The molecule has 0 heterocycles. The van der Waals surface area contributed by atoms with Gasteiger partial charge in [-0.15, -0.1) is 12.8 Å². The zero-order valence-electron chi connectivity index (χ0n) is 11.1. The van der Waals surface area contributed by atoms with Gasteiger partial charge < -0.3 is 4.74 Å². The number of hydrogen-bond donors (Lipinski definition) is 0. The monoisotopic (exact) mass is 210 g/mol. The number of methoxy groups -OCH3 is 1. The molecule has 0 atom stereocenters. The fraction of sp³-hybridized carbons (Fsp3) is 0.571. The van der Waals surface area contributed by atoms with Gasteiger partial charge in [-0.1, -0.05) is 39.8 Å². The maximum Gasteiger partial charge on any atom is 0.0955 e. The lowest BCUT2D eigenvalue weighted by Gasteiger charge is -2.00. The van der Waals surface area contributed by atoms with E-state index in [9.17, 15) is 0 Å². The molecule has 0 rings (SSSR count). The maximum atomic E-state index is 5.01. The number of rotatable bonds is 3. The van der Waals surface area contributed by atoms with Crippen LogP contribution in [0.3, 0.4) is 0 Å². The topological polar surface area (TPSA) is 9.23 Å². The van der Waals surface area contributed by atoms with Gasteiger partial charge in [0, 0.05) is 6.42 Å². The fourth-order valence-corrected chi connectivity index (χ4v) is 0.580. The first-order valence-corrected chi connectivity index (χ1v) is 5.17. The van der Waals surface area contributed by atoms with E-state index in [0.29, 0.717) is 0 Å². The van der Waals surface area contributed by atoms with E-state index < -0.39 is 0 Å². The molecule has 0 N–H and O–H groups in total. The third kappa shape index (κ3) is 32.2. The minimum Gasteiger partial charge on any atom is -0.501 e. The van der Waals surface area contributed by atoms with Crippen molar-refractivity contribution in [1.29, 1.82) is 0 Å². The van der Waals surface area contributed by atoms with Gasteiger partial charge in [-0.3, -0.25) is 0 Å². The third-order valence-corrected chi connectivity index (χ3v) is 1.02. The summed E-state index contributed by atoms with van der Waals surface area (Å²) in [5.41, 5.74) is 1.04. The van der Waals surface area contributed by atoms with Crippen LogP contribution in [0.25, 0.3) is 0 Å². The first-order valence-electron chi connectivity index (χ1n) is 5.17. The molecule has 0 fully saturated rings. The zero-order chi connectivity index (χ0) is 12.9. The van der Waals surface area contributed by atoms with E-state index in [1.54, 1.807) is 7.11 Å². The largest absolute Gasteiger partial charge is 0.501 e. The molecule has 0 aliphatic rings. The lowest BCUT2D eigenvalue weighted by atomic mass is 10.2. The summed E-state index contributed by atoms with van der Waals surface area (Å²) in [4.78, 5) is 0. The molecule has 1 heteroatoms. The van der Waals surface area contributed by atoms with Gasteiger partial charge in [0.1, 0.15) is 0 Å². The van der Waals surface area contributed by atoms with Gasteiger partial charge >= 0.3 is 0 Å². The van der Waals surface area contributed by atoms with Crippen LogP contribution in [-0.2, 0) is 4.74 Å². The highest BCUT2D eigenvalue weighted by Crippen LogP contribution is 2.03. The van der Waals surface area contributed by atoms with Gasteiger partial charge in [-0.25, -0.2) is 0 Å². The first-order chi connectivity index (χ1) is 6.93. The van der Waals surface area contributed by atoms with Crippen molar-refractivity contribution in [3.8, 4) is 12.8 Å². The normalized spacial score (nSPS) is 9.27. The van der Waals surface area contributed by atoms with Gasteiger partial charge in [0.2, 0.25) is 0 Å². The van der Waals surface area contributed by atoms with Gasteiger partial charge in [0.25, 0.3) is 0 Å². The summed E-state index contributed by atoms with van der Waals surface area (Å²) in [6.07, 6.45) is 10.9. The van der Waals surface area contributed by atoms with Gasteiger partial charge in [-0.05, 0) is 18.9 Å². The molecular formula is C14H26O. The average molecular weight is 210 g/mol. The van der Waals surface area contributed by atoms with E-state index in [1.165, 1.54) is 0 Å². The molecule has 0 bridgehead atoms. The predicted octanol–water partition coefficient (Wildman–Crippen LogP) is 4.41. The molecule has 0 aromatic heterocycles. The van der Waals surface area contributed by atoms with E-state index in [0.717, 1.165) is 23.7 Å². The van der Waals surface area contributed by atoms with Crippen molar-refractivity contribution < 1.29 is 4.74 Å². The Kier molecular flexibility index (Phi) is 19.8. The molecule has 15 heavy (non-hydrogen) atoms. The summed E-state index contributed by atoms with van der Waals surface area (Å²) < 4.78 is 5.01. The summed E-state index contributed by atoms with van der Waals surface area (Å²) in [6, 6.07) is 0. The van der Waals surface area contributed by atoms with E-state index >= 15 is 0 Å². The Morgan fingerprint density at radius 2 is 1.67 bits per heavy atom. The van der Waals surface area contributed by atoms with Crippen molar-refractivity contribution in [2.24, 2.45) is 5.92 Å². The molecule has 0 aromatic carbocycles. The van der Waals surface area contributed by atoms with Crippen LogP contribution in [0.5, 0.6) is 0 Å². The SMILES string of the molecule is C#C.C=C(C)/C=C(/CC)OC.CC(C)C. The number of hydrogen-bond acceptors (Lipinski definition) is 1. The highest BCUT2D eigenvalue weighted by molar-refractivity contribution is 5.14. The van der Waals surface area contributed by atoms with Crippen LogP contribution in [0.2, 0.25) is 0 Å². The maximum absolute atomic E-state index is 5.01. The second-order valence-electron chi connectivity index (χ2n) is 3.75. The second-order valence-corrected chi connectivity index (χ2v) is 3.75. The van der Waals surface area contributed by atoms with E-state index in [1.807, 2.05) is 13.0 Å². The Balaban J connectivity index is -0.000000202. The van der Waals surface area contributed by atoms with Gasteiger partial charge in [-0.2, -0.15) is 0 Å². The van der Waals surface area contributed by atoms with Crippen LogP contribution < -0.4 is 0 Å². The van der Waals surface area contributed by atoms with Crippen molar-refractivity contribution >= 4 is 0 Å². The number of terminal acetylenes is 1. The van der Waals surface area contributed by atoms with Crippen LogP contribution in [0.15, 0.2) is 24.0 Å². The molecule has 0 aliphatic carbocycles. The minimum atomic E-state index is 0.833. The lowest BCUT2D eigenvalue weighted by molar-refractivity contribution is 0.280. The Labute approximate surface area is 96.2 Å². The average Bonchev–Trinajstić information content (AvgIpc) is 2.16. The Hall–Kier alpha value is -1.16. The van der Waals surface area contributed by atoms with Crippen LogP contribution in [0.4, 0.5) is 0 Å². The van der Waals surface area contributed by atoms with Gasteiger partial charge in [0.05, 0.1) is 12.9 Å². The van der Waals surface area contributed by atoms with Crippen LogP contribution in [-0.4, -0.2) is 7.11 Å². The molecular weight excluding hydrogens is 184 g/mol. The highest BCUT2D eigenvalue weighted by atomic mass is 16.5. The van der Waals surface area contributed by atoms with Crippen molar-refractivity contribution in [3.05, 3.63) is 24.0 Å². The molecule has 0 saturated carbocycles. The Morgan fingerprint density at radius 3 is 1.73 bits per heavy atom. The van der Waals surface area contributed by atoms with Crippen LogP contribution >= 0.6 is 0 Å². The summed E-state index contributed by atoms with van der Waals surface area (Å²) in [5.74, 6) is 1.82. The molecule has 0 aliphatic heterocycles. The summed E-state index contributed by atoms with van der Waals surface area (Å²) in [7, 11) is 1.68. The molecule has 0 aromatic rings. The lowest BCUT2D eigenvalue weighted by Crippen LogP contribution is -1.83. The zero-order valence-corrected chi connectivity index (χ0v) is 11.1. The number of ether oxygens (including phenoxy) is 1. The van der Waals surface area contributed by atoms with Crippen LogP contribution in [0.1, 0.15) is 41.0 Å². The van der Waals surface area contributed by atoms with Crippen molar-refractivity contribution in [3.63, 3.8) is 0 Å². The third-order valence-electron chi connectivity index (χ3n) is 1.02. The van der Waals surface area contributed by atoms with E-state index in [4.69, 9.17) is 4.74 Å². The van der Waals surface area contributed by atoms with Crippen LogP contribution in [0, 0.1) is 18.8 Å². The van der Waals surface area contributed by atoms with Crippen molar-refractivity contribution in [2.75, 3.05) is 7.11 Å². The summed E-state index contributed by atoms with van der Waals surface area (Å²) >= 11 is 0. The van der Waals surface area contributed by atoms with E-state index in [-0.39, 0.29) is 0 Å². The molecule has 0 amide bonds. The molecule has 88 valence electrons. The second kappa shape index (κ2) is 15.3. The Bertz CT molecular complexity index is 176. The number of allylic oxidation sites excluding steroid dienone is 3. The van der Waals surface area contributed by atoms with Gasteiger partial charge in [0.15, 0.2) is 0 Å². The molecule has 0 spiro atoms. The van der Waals surface area contributed by atoms with Crippen molar-refractivity contribution in [1.82, 2.24) is 0 Å². The summed E-state index contributed by atoms with van der Waals surface area (Å²) in [5, 5.41) is 0. The quantitative estimate of drug-likeness (QED) is 0.381. The molecule has 0 unspecified atom stereocenters. The highest BCUT2D eigenvalue weighted by Gasteiger charge is 1.88. The minimum absolute atomic E-state index is 0.833. The standard InChI is InChI=1S/C8H14O.C4H10.C2H2/c1-5-8(9-4)6-7(2)3;1-4(2)3;1-2/h6H,2,5H2,1,3-4H3;4H,1-3H3;1-2H/b8-6-;;. The van der Waals surface area contributed by atoms with E-state index in [2.05, 4.69) is 47.1 Å².